The van der Waals surface area contributed by atoms with E-state index in [1.807, 2.05) is 0 Å². The van der Waals surface area contributed by atoms with Gasteiger partial charge in [-0.3, -0.25) is 0 Å². The van der Waals surface area contributed by atoms with Crippen LogP contribution in [0.15, 0.2) is 18.2 Å². The zero-order chi connectivity index (χ0) is 10.1. The second-order valence-corrected chi connectivity index (χ2v) is 2.81. The summed E-state index contributed by atoms with van der Waals surface area (Å²) in [6.45, 7) is 0.671. The normalized spacial score (nSPS) is 11.5. The van der Waals surface area contributed by atoms with Gasteiger partial charge in [-0.15, -0.1) is 0 Å². The summed E-state index contributed by atoms with van der Waals surface area (Å²) in [5.74, 6) is -4.03. The molecular weight excluding hydrogens is 179 g/mol. The number of hydrogen-bond donors (Lipinski definition) is 1. The first-order valence-electron chi connectivity index (χ1n) is 3.81. The molecular formula is C9H10F3N. The monoisotopic (exact) mass is 189 g/mol. The Balaban J connectivity index is 3.24. The first-order valence-corrected chi connectivity index (χ1v) is 3.81. The second-order valence-electron chi connectivity index (χ2n) is 2.81. The number of nitrogens with one attached hydrogen (secondary N) is 1. The van der Waals surface area contributed by atoms with Gasteiger partial charge in [0.2, 0.25) is 0 Å². The van der Waals surface area contributed by atoms with Crippen molar-refractivity contribution in [3.8, 4) is 0 Å². The van der Waals surface area contributed by atoms with E-state index in [4.69, 9.17) is 0 Å². The number of rotatable bonds is 2. The summed E-state index contributed by atoms with van der Waals surface area (Å²) in [7, 11) is 1.48. The van der Waals surface area contributed by atoms with Crippen molar-refractivity contribution in [1.29, 1.82) is 0 Å². The van der Waals surface area contributed by atoms with Crippen molar-refractivity contribution >= 4 is 5.69 Å². The van der Waals surface area contributed by atoms with E-state index >= 15 is 0 Å². The van der Waals surface area contributed by atoms with Gasteiger partial charge in [0.25, 0.3) is 5.92 Å². The van der Waals surface area contributed by atoms with Crippen molar-refractivity contribution < 1.29 is 13.2 Å². The van der Waals surface area contributed by atoms with Gasteiger partial charge >= 0.3 is 0 Å². The van der Waals surface area contributed by atoms with Crippen LogP contribution in [-0.2, 0) is 5.92 Å². The highest BCUT2D eigenvalue weighted by Crippen LogP contribution is 2.31. The van der Waals surface area contributed by atoms with E-state index in [1.165, 1.54) is 19.2 Å². The summed E-state index contributed by atoms with van der Waals surface area (Å²) in [4.78, 5) is 0. The Bertz CT molecular complexity index is 304. The molecule has 0 spiro atoms. The third kappa shape index (κ3) is 1.94. The average molecular weight is 189 g/mol. The van der Waals surface area contributed by atoms with E-state index in [9.17, 15) is 13.2 Å². The molecule has 0 amide bonds. The quantitative estimate of drug-likeness (QED) is 0.754. The molecule has 0 aliphatic heterocycles. The third-order valence-corrected chi connectivity index (χ3v) is 1.74. The van der Waals surface area contributed by atoms with Crippen LogP contribution in [0.4, 0.5) is 18.9 Å². The summed E-state index contributed by atoms with van der Waals surface area (Å²) in [5, 5.41) is 2.50. The van der Waals surface area contributed by atoms with Crippen LogP contribution in [0.25, 0.3) is 0 Å². The zero-order valence-corrected chi connectivity index (χ0v) is 7.37. The minimum Gasteiger partial charge on any atom is -0.386 e. The van der Waals surface area contributed by atoms with E-state index in [1.54, 1.807) is 0 Å². The highest BCUT2D eigenvalue weighted by atomic mass is 19.3. The third-order valence-electron chi connectivity index (χ3n) is 1.74. The lowest BCUT2D eigenvalue weighted by molar-refractivity contribution is 0.0139. The first kappa shape index (κ1) is 9.89. The van der Waals surface area contributed by atoms with Gasteiger partial charge in [-0.1, -0.05) is 6.07 Å². The molecule has 0 radical (unpaired) electrons. The van der Waals surface area contributed by atoms with Crippen LogP contribution in [0.1, 0.15) is 12.5 Å². The number of anilines is 1. The summed E-state index contributed by atoms with van der Waals surface area (Å²) in [5.41, 5.74) is -0.502. The van der Waals surface area contributed by atoms with Crippen molar-refractivity contribution in [2.45, 2.75) is 12.8 Å². The molecule has 0 heterocycles. The number of halogens is 3. The fraction of sp³-hybridized carbons (Fsp3) is 0.333. The van der Waals surface area contributed by atoms with Crippen molar-refractivity contribution in [3.05, 3.63) is 29.6 Å². The summed E-state index contributed by atoms with van der Waals surface area (Å²) >= 11 is 0. The summed E-state index contributed by atoms with van der Waals surface area (Å²) < 4.78 is 38.8. The molecule has 0 aromatic heterocycles. The standard InChI is InChI=1S/C9H10F3N/c1-9(11,12)6-4-3-5-7(13-2)8(6)10/h3-5,13H,1-2H3. The fourth-order valence-corrected chi connectivity index (χ4v) is 1.06. The smallest absolute Gasteiger partial charge is 0.273 e. The van der Waals surface area contributed by atoms with Gasteiger partial charge in [0.15, 0.2) is 5.82 Å². The van der Waals surface area contributed by atoms with Crippen molar-refractivity contribution in [3.63, 3.8) is 0 Å². The lowest BCUT2D eigenvalue weighted by Gasteiger charge is -2.13. The maximum absolute atomic E-state index is 13.2. The fourth-order valence-electron chi connectivity index (χ4n) is 1.06. The second kappa shape index (κ2) is 3.28. The van der Waals surface area contributed by atoms with Crippen LogP contribution in [0.3, 0.4) is 0 Å². The van der Waals surface area contributed by atoms with E-state index in [-0.39, 0.29) is 5.69 Å². The lowest BCUT2D eigenvalue weighted by atomic mass is 10.1. The van der Waals surface area contributed by atoms with Crippen LogP contribution >= 0.6 is 0 Å². The molecule has 0 aliphatic rings. The average Bonchev–Trinajstić information content (AvgIpc) is 2.02. The summed E-state index contributed by atoms with van der Waals surface area (Å²) in [6, 6.07) is 3.88. The van der Waals surface area contributed by atoms with Gasteiger partial charge < -0.3 is 5.32 Å². The van der Waals surface area contributed by atoms with E-state index < -0.39 is 17.3 Å². The molecule has 1 aromatic carbocycles. The predicted octanol–water partition coefficient (Wildman–Crippen LogP) is 2.98. The van der Waals surface area contributed by atoms with Crippen molar-refractivity contribution in [2.24, 2.45) is 0 Å². The van der Waals surface area contributed by atoms with Crippen LogP contribution in [-0.4, -0.2) is 7.05 Å². The maximum atomic E-state index is 13.2. The molecule has 0 fully saturated rings. The van der Waals surface area contributed by atoms with Gasteiger partial charge in [-0.05, 0) is 12.1 Å². The van der Waals surface area contributed by atoms with Gasteiger partial charge in [-0.2, -0.15) is 0 Å². The van der Waals surface area contributed by atoms with E-state index in [0.29, 0.717) is 6.92 Å². The van der Waals surface area contributed by atoms with Gasteiger partial charge in [0.05, 0.1) is 11.3 Å². The van der Waals surface area contributed by atoms with Crippen LogP contribution in [0.5, 0.6) is 0 Å². The molecule has 1 rings (SSSR count). The van der Waals surface area contributed by atoms with E-state index in [2.05, 4.69) is 5.32 Å². The number of benzene rings is 1. The number of alkyl halides is 2. The maximum Gasteiger partial charge on any atom is 0.273 e. The molecule has 13 heavy (non-hydrogen) atoms. The molecule has 0 saturated carbocycles. The molecule has 0 bridgehead atoms. The minimum atomic E-state index is -3.14. The van der Waals surface area contributed by atoms with Crippen LogP contribution < -0.4 is 5.32 Å². The van der Waals surface area contributed by atoms with Crippen molar-refractivity contribution in [2.75, 3.05) is 12.4 Å². The number of hydrogen-bond acceptors (Lipinski definition) is 1. The highest BCUT2D eigenvalue weighted by molar-refractivity contribution is 5.48. The Labute approximate surface area is 74.6 Å². The van der Waals surface area contributed by atoms with Crippen molar-refractivity contribution in [1.82, 2.24) is 0 Å². The first-order chi connectivity index (χ1) is 5.96. The Kier molecular flexibility index (Phi) is 2.50. The molecule has 0 unspecified atom stereocenters. The summed E-state index contributed by atoms with van der Waals surface area (Å²) in [6.07, 6.45) is 0. The molecule has 72 valence electrons. The minimum absolute atomic E-state index is 0.0824. The lowest BCUT2D eigenvalue weighted by Crippen LogP contribution is -2.11. The van der Waals surface area contributed by atoms with E-state index in [0.717, 1.165) is 6.07 Å². The molecule has 1 nitrogen and oxygen atoms in total. The predicted molar refractivity (Wildman–Crippen MR) is 45.5 cm³/mol. The zero-order valence-electron chi connectivity index (χ0n) is 7.37. The van der Waals surface area contributed by atoms with Gasteiger partial charge in [0, 0.05) is 14.0 Å². The Morgan fingerprint density at radius 3 is 2.38 bits per heavy atom. The Hall–Kier alpha value is -1.19. The Morgan fingerprint density at radius 1 is 1.31 bits per heavy atom. The topological polar surface area (TPSA) is 12.0 Å². The Morgan fingerprint density at radius 2 is 1.92 bits per heavy atom. The largest absolute Gasteiger partial charge is 0.386 e. The van der Waals surface area contributed by atoms with Gasteiger partial charge in [0.1, 0.15) is 0 Å². The SMILES string of the molecule is CNc1cccc(C(C)(F)F)c1F. The molecule has 1 aromatic rings. The highest BCUT2D eigenvalue weighted by Gasteiger charge is 2.28. The van der Waals surface area contributed by atoms with Crippen LogP contribution in [0.2, 0.25) is 0 Å². The molecule has 0 saturated heterocycles. The molecule has 0 aliphatic carbocycles. The van der Waals surface area contributed by atoms with Crippen LogP contribution in [0, 0.1) is 5.82 Å². The molecule has 4 heteroatoms. The van der Waals surface area contributed by atoms with Gasteiger partial charge in [-0.25, -0.2) is 13.2 Å². The molecule has 0 atom stereocenters. The molecule has 1 N–H and O–H groups in total.